The van der Waals surface area contributed by atoms with Gasteiger partial charge in [0.25, 0.3) is 0 Å². The summed E-state index contributed by atoms with van der Waals surface area (Å²) in [5.74, 6) is -1.18. The molecule has 3 aliphatic carbocycles. The minimum Gasteiger partial charge on any atom is -0.388 e. The van der Waals surface area contributed by atoms with Crippen LogP contribution in [0.3, 0.4) is 0 Å². The van der Waals surface area contributed by atoms with Gasteiger partial charge in [0, 0.05) is 19.8 Å². The molecule has 4 atom stereocenters. The molecule has 3 aliphatic rings. The molecule has 5 nitrogen and oxygen atoms in total. The van der Waals surface area contributed by atoms with Crippen LogP contribution in [0, 0.1) is 17.3 Å². The number of carbonyl (C=O) groups excluding carboxylic acids is 1. The van der Waals surface area contributed by atoms with Crippen molar-refractivity contribution in [1.82, 2.24) is 5.06 Å². The van der Waals surface area contributed by atoms with Crippen LogP contribution in [0.15, 0.2) is 47.1 Å². The van der Waals surface area contributed by atoms with Gasteiger partial charge < -0.3 is 10.2 Å². The number of aliphatic hydroxyl groups excluding tert-OH is 1. The highest BCUT2D eigenvalue weighted by Gasteiger charge is 2.44. The molecule has 178 valence electrons. The Kier molecular flexibility index (Phi) is 7.53. The molecular formula is C27H41NO4. The number of fused-ring (bicyclic) bond motifs is 1. The minimum absolute atomic E-state index is 0.00784. The van der Waals surface area contributed by atoms with Crippen molar-refractivity contribution in [2.24, 2.45) is 17.3 Å². The minimum atomic E-state index is -1.64. The van der Waals surface area contributed by atoms with Crippen molar-refractivity contribution in [2.45, 2.75) is 91.5 Å². The first-order valence-electron chi connectivity index (χ1n) is 12.1. The lowest BCUT2D eigenvalue weighted by molar-refractivity contribution is -0.326. The molecule has 2 unspecified atom stereocenters. The quantitative estimate of drug-likeness (QED) is 0.335. The molecule has 0 aromatic carbocycles. The van der Waals surface area contributed by atoms with E-state index < -0.39 is 11.9 Å². The first kappa shape index (κ1) is 24.9. The van der Waals surface area contributed by atoms with Gasteiger partial charge in [-0.05, 0) is 60.5 Å². The van der Waals surface area contributed by atoms with Crippen LogP contribution in [0.4, 0.5) is 0 Å². The van der Waals surface area contributed by atoms with Crippen LogP contribution in [0.2, 0.25) is 0 Å². The van der Waals surface area contributed by atoms with E-state index in [0.29, 0.717) is 18.0 Å². The lowest BCUT2D eigenvalue weighted by Gasteiger charge is -2.41. The highest BCUT2D eigenvalue weighted by atomic mass is 16.8. The fourth-order valence-electron chi connectivity index (χ4n) is 5.79. The van der Waals surface area contributed by atoms with E-state index in [2.05, 4.69) is 32.6 Å². The maximum absolute atomic E-state index is 12.0. The SMILES string of the molecule is C=C1C(=CC=C2CCC[C@]3(C)C(CC)=CCC23)CC(O)(ON(CC(C)C)C(C)=O)C[C@@H]1O. The van der Waals surface area contributed by atoms with Crippen LogP contribution < -0.4 is 0 Å². The average molecular weight is 444 g/mol. The lowest BCUT2D eigenvalue weighted by atomic mass is 9.64. The van der Waals surface area contributed by atoms with Crippen molar-refractivity contribution in [3.05, 3.63) is 47.1 Å². The standard InChI is InChI=1S/C27H41NO4/c1-7-23-12-13-24-21(9-8-14-26(23,24)6)10-11-22-15-27(31,16-25(30)19(22)4)32-28(20(5)29)17-18(2)3/h10-12,18,24-25,30-31H,4,7-9,13-17H2,1-3,5-6H3/t24?,25-,26+,27?/m0/s1. The van der Waals surface area contributed by atoms with Gasteiger partial charge in [-0.1, -0.05) is 63.6 Å². The van der Waals surface area contributed by atoms with Gasteiger partial charge in [-0.25, -0.2) is 9.90 Å². The Morgan fingerprint density at radius 2 is 2.12 bits per heavy atom. The molecule has 0 spiro atoms. The van der Waals surface area contributed by atoms with Crippen LogP contribution in [0.5, 0.6) is 0 Å². The molecule has 2 saturated carbocycles. The molecule has 5 heteroatoms. The predicted molar refractivity (Wildman–Crippen MR) is 127 cm³/mol. The van der Waals surface area contributed by atoms with Crippen molar-refractivity contribution in [3.8, 4) is 0 Å². The van der Waals surface area contributed by atoms with Gasteiger partial charge in [0.15, 0.2) is 5.79 Å². The maximum Gasteiger partial charge on any atom is 0.243 e. The van der Waals surface area contributed by atoms with E-state index in [1.165, 1.54) is 30.4 Å². The molecule has 2 N–H and O–H groups in total. The molecule has 0 radical (unpaired) electrons. The van der Waals surface area contributed by atoms with E-state index in [9.17, 15) is 15.0 Å². The number of hydrogen-bond acceptors (Lipinski definition) is 4. The smallest absolute Gasteiger partial charge is 0.243 e. The average Bonchev–Trinajstić information content (AvgIpc) is 3.05. The summed E-state index contributed by atoms with van der Waals surface area (Å²) in [6.07, 6.45) is 11.6. The Labute approximate surface area is 193 Å². The Hall–Kier alpha value is -1.69. The van der Waals surface area contributed by atoms with E-state index in [4.69, 9.17) is 4.84 Å². The highest BCUT2D eigenvalue weighted by molar-refractivity contribution is 5.72. The molecule has 0 saturated heterocycles. The number of hydroxylamine groups is 2. The zero-order chi connectivity index (χ0) is 23.7. The van der Waals surface area contributed by atoms with Gasteiger partial charge in [-0.2, -0.15) is 0 Å². The second kappa shape index (κ2) is 9.66. The first-order valence-corrected chi connectivity index (χ1v) is 12.1. The Morgan fingerprint density at radius 3 is 2.75 bits per heavy atom. The van der Waals surface area contributed by atoms with Gasteiger partial charge >= 0.3 is 0 Å². The van der Waals surface area contributed by atoms with Crippen molar-refractivity contribution < 1.29 is 19.8 Å². The summed E-state index contributed by atoms with van der Waals surface area (Å²) in [4.78, 5) is 17.8. The number of nitrogens with zero attached hydrogens (tertiary/aromatic N) is 1. The van der Waals surface area contributed by atoms with Crippen molar-refractivity contribution in [1.29, 1.82) is 0 Å². The van der Waals surface area contributed by atoms with Gasteiger partial charge in [0.2, 0.25) is 5.91 Å². The summed E-state index contributed by atoms with van der Waals surface area (Å²) >= 11 is 0. The number of rotatable bonds is 6. The number of carbonyl (C=O) groups is 1. The Balaban J connectivity index is 1.82. The Morgan fingerprint density at radius 1 is 1.41 bits per heavy atom. The predicted octanol–water partition coefficient (Wildman–Crippen LogP) is 5.22. The molecule has 32 heavy (non-hydrogen) atoms. The Bertz CT molecular complexity index is 839. The summed E-state index contributed by atoms with van der Waals surface area (Å²) in [5.41, 5.74) is 4.67. The fraction of sp³-hybridized carbons (Fsp3) is 0.667. The number of amides is 1. The third-order valence-corrected chi connectivity index (χ3v) is 7.55. The molecular weight excluding hydrogens is 402 g/mol. The number of allylic oxidation sites excluding steroid dienone is 5. The first-order chi connectivity index (χ1) is 15.0. The molecule has 2 fully saturated rings. The molecule has 0 aromatic heterocycles. The monoisotopic (exact) mass is 443 g/mol. The van der Waals surface area contributed by atoms with Crippen molar-refractivity contribution in [3.63, 3.8) is 0 Å². The van der Waals surface area contributed by atoms with Crippen LogP contribution in [0.25, 0.3) is 0 Å². The molecule has 0 bridgehead atoms. The summed E-state index contributed by atoms with van der Waals surface area (Å²) < 4.78 is 0. The number of aliphatic hydroxyl groups is 2. The van der Waals surface area contributed by atoms with Crippen LogP contribution in [0.1, 0.15) is 79.6 Å². The number of hydrogen-bond donors (Lipinski definition) is 2. The maximum atomic E-state index is 12.0. The highest BCUT2D eigenvalue weighted by Crippen LogP contribution is 2.55. The second-order valence-corrected chi connectivity index (χ2v) is 10.5. The van der Waals surface area contributed by atoms with Crippen molar-refractivity contribution >= 4 is 5.91 Å². The third kappa shape index (κ3) is 5.11. The fourth-order valence-corrected chi connectivity index (χ4v) is 5.79. The van der Waals surface area contributed by atoms with Crippen LogP contribution in [-0.2, 0) is 9.63 Å². The molecule has 0 aliphatic heterocycles. The molecule has 1 amide bonds. The van der Waals surface area contributed by atoms with E-state index in [0.717, 1.165) is 24.8 Å². The van der Waals surface area contributed by atoms with Gasteiger partial charge in [-0.15, -0.1) is 0 Å². The zero-order valence-electron chi connectivity index (χ0n) is 20.5. The van der Waals surface area contributed by atoms with Gasteiger partial charge in [0.05, 0.1) is 12.6 Å². The normalized spacial score (nSPS) is 35.4. The van der Waals surface area contributed by atoms with Crippen LogP contribution >= 0.6 is 0 Å². The summed E-state index contributed by atoms with van der Waals surface area (Å²) in [6.45, 7) is 14.5. The second-order valence-electron chi connectivity index (χ2n) is 10.5. The topological polar surface area (TPSA) is 70.0 Å². The van der Waals surface area contributed by atoms with Gasteiger partial charge in [-0.3, -0.25) is 4.79 Å². The third-order valence-electron chi connectivity index (χ3n) is 7.55. The molecule has 0 aromatic rings. The summed E-state index contributed by atoms with van der Waals surface area (Å²) in [5, 5.41) is 23.0. The van der Waals surface area contributed by atoms with E-state index in [-0.39, 0.29) is 30.1 Å². The van der Waals surface area contributed by atoms with Crippen molar-refractivity contribution in [2.75, 3.05) is 6.54 Å². The van der Waals surface area contributed by atoms with E-state index >= 15 is 0 Å². The molecule has 3 rings (SSSR count). The molecule has 0 heterocycles. The summed E-state index contributed by atoms with van der Waals surface area (Å²) in [6, 6.07) is 0. The zero-order valence-corrected chi connectivity index (χ0v) is 20.5. The van der Waals surface area contributed by atoms with Gasteiger partial charge in [0.1, 0.15) is 0 Å². The summed E-state index contributed by atoms with van der Waals surface area (Å²) in [7, 11) is 0. The van der Waals surface area contributed by atoms with E-state index in [1.807, 2.05) is 19.9 Å². The largest absolute Gasteiger partial charge is 0.388 e. The van der Waals surface area contributed by atoms with Crippen LogP contribution in [-0.4, -0.2) is 39.6 Å². The lowest BCUT2D eigenvalue weighted by Crippen LogP contribution is -2.48. The van der Waals surface area contributed by atoms with E-state index in [1.54, 1.807) is 5.57 Å².